The van der Waals surface area contributed by atoms with Crippen molar-refractivity contribution < 1.29 is 17.6 Å². The van der Waals surface area contributed by atoms with Crippen LogP contribution in [0.25, 0.3) is 11.1 Å². The summed E-state index contributed by atoms with van der Waals surface area (Å²) in [5, 5.41) is 3.13. The Bertz CT molecular complexity index is 1250. The Morgan fingerprint density at radius 1 is 1.13 bits per heavy atom. The smallest absolute Gasteiger partial charge is 0.408 e. The fraction of sp³-hybridized carbons (Fsp3) is 0.421. The average Bonchev–Trinajstić information content (AvgIpc) is 3.05. The molecule has 0 bridgehead atoms. The van der Waals surface area contributed by atoms with Gasteiger partial charge in [-0.15, -0.1) is 0 Å². The number of anilines is 2. The lowest BCUT2D eigenvalue weighted by Crippen LogP contribution is -2.37. The van der Waals surface area contributed by atoms with Crippen molar-refractivity contribution in [2.75, 3.05) is 49.6 Å². The molecule has 0 unspecified atom stereocenters. The molecule has 12 heteroatoms. The number of morpholine rings is 1. The molecule has 11 nitrogen and oxygen atoms in total. The molecular formula is C19H24N6O5S. The molecule has 166 valence electrons. The summed E-state index contributed by atoms with van der Waals surface area (Å²) >= 11 is 0. The van der Waals surface area contributed by atoms with Crippen molar-refractivity contribution in [1.29, 1.82) is 0 Å². The molecule has 0 atom stereocenters. The molecule has 1 saturated heterocycles. The topological polar surface area (TPSA) is 132 Å². The van der Waals surface area contributed by atoms with Crippen LogP contribution in [0, 0.1) is 6.92 Å². The van der Waals surface area contributed by atoms with Crippen molar-refractivity contribution in [3.05, 3.63) is 40.6 Å². The molecular weight excluding hydrogens is 424 g/mol. The van der Waals surface area contributed by atoms with Crippen molar-refractivity contribution in [1.82, 2.24) is 19.3 Å². The first kappa shape index (κ1) is 21.3. The number of rotatable bonds is 7. The largest absolute Gasteiger partial charge is 0.419 e. The number of nitrogens with zero attached hydrogens (tertiary/aromatic N) is 4. The number of oxazole rings is 1. The maximum Gasteiger partial charge on any atom is 0.419 e. The molecule has 0 radical (unpaired) electrons. The van der Waals surface area contributed by atoms with Crippen LogP contribution in [0.4, 0.5) is 11.6 Å². The summed E-state index contributed by atoms with van der Waals surface area (Å²) < 4.78 is 39.5. The number of hydrogen-bond donors (Lipinski definition) is 2. The minimum Gasteiger partial charge on any atom is -0.408 e. The number of nitrogens with one attached hydrogen (secondary N) is 2. The van der Waals surface area contributed by atoms with Gasteiger partial charge < -0.3 is 19.4 Å². The molecule has 31 heavy (non-hydrogen) atoms. The van der Waals surface area contributed by atoms with E-state index in [9.17, 15) is 13.2 Å². The summed E-state index contributed by atoms with van der Waals surface area (Å²) in [4.78, 5) is 22.6. The summed E-state index contributed by atoms with van der Waals surface area (Å²) in [7, 11) is -2.22. The number of aromatic nitrogens is 3. The lowest BCUT2D eigenvalue weighted by molar-refractivity contribution is 0.122. The molecule has 0 saturated carbocycles. The molecule has 3 heterocycles. The molecule has 0 aliphatic carbocycles. The van der Waals surface area contributed by atoms with E-state index in [-0.39, 0.29) is 11.4 Å². The van der Waals surface area contributed by atoms with E-state index in [2.05, 4.69) is 24.9 Å². The number of sulfonamides is 1. The highest BCUT2D eigenvalue weighted by molar-refractivity contribution is 7.89. The molecule has 1 aliphatic heterocycles. The Balaban J connectivity index is 1.38. The quantitative estimate of drug-likeness (QED) is 0.495. The molecule has 1 fully saturated rings. The van der Waals surface area contributed by atoms with Gasteiger partial charge in [-0.3, -0.25) is 4.57 Å². The van der Waals surface area contributed by atoms with Gasteiger partial charge in [0.1, 0.15) is 17.5 Å². The third kappa shape index (κ3) is 4.70. The van der Waals surface area contributed by atoms with Crippen LogP contribution in [-0.4, -0.2) is 62.3 Å². The summed E-state index contributed by atoms with van der Waals surface area (Å²) in [6, 6.07) is 6.14. The standard InChI is InChI=1S/C19H24N6O5S/c1-13-22-17(12-18(23-13)25-7-9-29-10-8-25)20-5-6-21-31(27,28)14-3-4-16-15(11-14)24(2)19(26)30-16/h3-4,11-12,21H,5-10H2,1-2H3,(H,20,22,23). The second-order valence-electron chi connectivity index (χ2n) is 7.14. The molecule has 0 amide bonds. The molecule has 1 aliphatic rings. The van der Waals surface area contributed by atoms with E-state index in [0.29, 0.717) is 42.5 Å². The molecule has 2 aromatic heterocycles. The average molecular weight is 449 g/mol. The van der Waals surface area contributed by atoms with Crippen molar-refractivity contribution in [3.63, 3.8) is 0 Å². The lowest BCUT2D eigenvalue weighted by Gasteiger charge is -2.28. The van der Waals surface area contributed by atoms with Crippen molar-refractivity contribution in [2.24, 2.45) is 7.05 Å². The van der Waals surface area contributed by atoms with E-state index in [1.165, 1.54) is 29.8 Å². The van der Waals surface area contributed by atoms with E-state index in [4.69, 9.17) is 9.15 Å². The monoisotopic (exact) mass is 448 g/mol. The van der Waals surface area contributed by atoms with E-state index in [1.54, 1.807) is 0 Å². The summed E-state index contributed by atoms with van der Waals surface area (Å²) in [6.07, 6.45) is 0. The predicted octanol–water partition coefficient (Wildman–Crippen LogP) is 0.457. The van der Waals surface area contributed by atoms with Crippen molar-refractivity contribution in [3.8, 4) is 0 Å². The number of hydrogen-bond acceptors (Lipinski definition) is 9. The molecule has 0 spiro atoms. The summed E-state index contributed by atoms with van der Waals surface area (Å²) in [6.45, 7) is 5.16. The highest BCUT2D eigenvalue weighted by Gasteiger charge is 2.17. The van der Waals surface area contributed by atoms with Crippen LogP contribution in [0.15, 0.2) is 38.4 Å². The molecule has 2 N–H and O–H groups in total. The maximum absolute atomic E-state index is 12.6. The first-order valence-electron chi connectivity index (χ1n) is 9.85. The van der Waals surface area contributed by atoms with Gasteiger partial charge in [0.15, 0.2) is 5.58 Å². The fourth-order valence-electron chi connectivity index (χ4n) is 3.33. The van der Waals surface area contributed by atoms with E-state index in [1.807, 2.05) is 13.0 Å². The number of ether oxygens (including phenoxy) is 1. The third-order valence-corrected chi connectivity index (χ3v) is 6.41. The second kappa shape index (κ2) is 8.65. The Morgan fingerprint density at radius 2 is 1.90 bits per heavy atom. The van der Waals surface area contributed by atoms with Crippen molar-refractivity contribution in [2.45, 2.75) is 11.8 Å². The first-order valence-corrected chi connectivity index (χ1v) is 11.3. The van der Waals surface area contributed by atoms with E-state index < -0.39 is 15.8 Å². The first-order chi connectivity index (χ1) is 14.8. The normalized spacial score (nSPS) is 14.8. The Hall–Kier alpha value is -2.96. The van der Waals surface area contributed by atoms with E-state index in [0.717, 1.165) is 18.9 Å². The zero-order valence-corrected chi connectivity index (χ0v) is 18.1. The number of fused-ring (bicyclic) bond motifs is 1. The van der Waals surface area contributed by atoms with Crippen LogP contribution in [-0.2, 0) is 21.8 Å². The van der Waals surface area contributed by atoms with Crippen LogP contribution in [0.2, 0.25) is 0 Å². The van der Waals surface area contributed by atoms with Gasteiger partial charge in [0.2, 0.25) is 10.0 Å². The molecule has 3 aromatic rings. The zero-order chi connectivity index (χ0) is 22.0. The number of benzene rings is 1. The SMILES string of the molecule is Cc1nc(NCCNS(=O)(=O)c2ccc3oc(=O)n(C)c3c2)cc(N2CCOCC2)n1. The fourth-order valence-corrected chi connectivity index (χ4v) is 4.38. The third-order valence-electron chi connectivity index (χ3n) is 4.96. The van der Waals surface area contributed by atoms with Crippen LogP contribution in [0.5, 0.6) is 0 Å². The zero-order valence-electron chi connectivity index (χ0n) is 17.3. The minimum atomic E-state index is -3.75. The van der Waals surface area contributed by atoms with Gasteiger partial charge in [0, 0.05) is 39.3 Å². The van der Waals surface area contributed by atoms with Crippen LogP contribution >= 0.6 is 0 Å². The van der Waals surface area contributed by atoms with Gasteiger partial charge in [-0.2, -0.15) is 0 Å². The van der Waals surface area contributed by atoms with Crippen LogP contribution in [0.3, 0.4) is 0 Å². The Labute approximate surface area is 179 Å². The van der Waals surface area contributed by atoms with Gasteiger partial charge in [-0.25, -0.2) is 27.9 Å². The second-order valence-corrected chi connectivity index (χ2v) is 8.91. The van der Waals surface area contributed by atoms with Gasteiger partial charge in [0.25, 0.3) is 0 Å². The highest BCUT2D eigenvalue weighted by Crippen LogP contribution is 2.18. The lowest BCUT2D eigenvalue weighted by atomic mass is 10.3. The predicted molar refractivity (Wildman–Crippen MR) is 115 cm³/mol. The van der Waals surface area contributed by atoms with Gasteiger partial charge in [0.05, 0.1) is 23.6 Å². The highest BCUT2D eigenvalue weighted by atomic mass is 32.2. The van der Waals surface area contributed by atoms with Crippen molar-refractivity contribution >= 4 is 32.8 Å². The molecule has 1 aromatic carbocycles. The van der Waals surface area contributed by atoms with Crippen LogP contribution < -0.4 is 20.7 Å². The van der Waals surface area contributed by atoms with Gasteiger partial charge >= 0.3 is 5.76 Å². The molecule has 4 rings (SSSR count). The summed E-state index contributed by atoms with van der Waals surface area (Å²) in [5.41, 5.74) is 0.751. The Kier molecular flexibility index (Phi) is 5.94. The maximum atomic E-state index is 12.6. The summed E-state index contributed by atoms with van der Waals surface area (Å²) in [5.74, 6) is 1.53. The van der Waals surface area contributed by atoms with Gasteiger partial charge in [-0.05, 0) is 25.1 Å². The van der Waals surface area contributed by atoms with Gasteiger partial charge in [-0.1, -0.05) is 0 Å². The minimum absolute atomic E-state index is 0.0592. The van der Waals surface area contributed by atoms with E-state index >= 15 is 0 Å². The van der Waals surface area contributed by atoms with Crippen LogP contribution in [0.1, 0.15) is 5.82 Å². The Morgan fingerprint density at radius 3 is 2.68 bits per heavy atom. The number of aryl methyl sites for hydroxylation is 2.